The van der Waals surface area contributed by atoms with Crippen molar-refractivity contribution in [3.05, 3.63) is 20.8 Å². The van der Waals surface area contributed by atoms with Crippen molar-refractivity contribution in [2.24, 2.45) is 5.92 Å². The fraction of sp³-hybridized carbons (Fsp3) is 0.688. The third kappa shape index (κ3) is 2.29. The first-order valence-electron chi connectivity index (χ1n) is 8.21. The van der Waals surface area contributed by atoms with Gasteiger partial charge in [0.05, 0.1) is 11.4 Å². The minimum absolute atomic E-state index is 0.0895. The number of hydrogen-bond donors (Lipinski definition) is 0. The molecule has 1 saturated heterocycles. The summed E-state index contributed by atoms with van der Waals surface area (Å²) in [5.74, 6) is 0.713. The number of thiophene rings is 1. The van der Waals surface area contributed by atoms with E-state index in [2.05, 4.69) is 29.2 Å². The topological polar surface area (TPSA) is 51.0 Å². The van der Waals surface area contributed by atoms with Crippen LogP contribution in [0.5, 0.6) is 0 Å². The van der Waals surface area contributed by atoms with Gasteiger partial charge in [-0.1, -0.05) is 12.1 Å². The maximum absolute atomic E-state index is 13.0. The van der Waals surface area contributed by atoms with Crippen LogP contribution in [0.4, 0.5) is 0 Å². The second kappa shape index (κ2) is 5.42. The van der Waals surface area contributed by atoms with Crippen molar-refractivity contribution in [2.45, 2.75) is 45.1 Å². The molecule has 5 nitrogen and oxygen atoms in total. The molecule has 0 amide bonds. The Morgan fingerprint density at radius 1 is 1.23 bits per heavy atom. The smallest absolute Gasteiger partial charge is 0.279 e. The summed E-state index contributed by atoms with van der Waals surface area (Å²) in [5, 5.41) is 9.51. The van der Waals surface area contributed by atoms with Gasteiger partial charge < -0.3 is 4.90 Å². The lowest BCUT2D eigenvalue weighted by Crippen LogP contribution is -2.37. The predicted molar refractivity (Wildman–Crippen MR) is 88.6 cm³/mol. The highest BCUT2D eigenvalue weighted by molar-refractivity contribution is 7.18. The zero-order valence-electron chi connectivity index (χ0n) is 13.2. The molecule has 1 unspecified atom stereocenters. The number of aryl methyl sites for hydroxylation is 1. The summed E-state index contributed by atoms with van der Waals surface area (Å²) in [7, 11) is 2.13. The molecule has 0 radical (unpaired) electrons. The van der Waals surface area contributed by atoms with E-state index in [1.54, 1.807) is 16.0 Å². The third-order valence-corrected chi connectivity index (χ3v) is 6.32. The molecule has 1 aliphatic carbocycles. The SMILES string of the molecule is CC1CCc2c(sc3nnn(C4CCN(C)CC4)c(=O)c23)C1. The van der Waals surface area contributed by atoms with Crippen LogP contribution < -0.4 is 5.56 Å². The first-order valence-corrected chi connectivity index (χ1v) is 9.03. The van der Waals surface area contributed by atoms with Crippen molar-refractivity contribution in [1.82, 2.24) is 19.9 Å². The summed E-state index contributed by atoms with van der Waals surface area (Å²) in [6.45, 7) is 4.34. The quantitative estimate of drug-likeness (QED) is 0.809. The van der Waals surface area contributed by atoms with Gasteiger partial charge in [0.15, 0.2) is 4.83 Å². The Balaban J connectivity index is 1.79. The zero-order valence-corrected chi connectivity index (χ0v) is 14.0. The highest BCUT2D eigenvalue weighted by atomic mass is 32.1. The number of hydrogen-bond acceptors (Lipinski definition) is 5. The van der Waals surface area contributed by atoms with Gasteiger partial charge in [-0.2, -0.15) is 0 Å². The second-order valence-corrected chi connectivity index (χ2v) is 7.99. The van der Waals surface area contributed by atoms with Crippen LogP contribution in [0.25, 0.3) is 10.2 Å². The van der Waals surface area contributed by atoms with Crippen LogP contribution >= 0.6 is 11.3 Å². The van der Waals surface area contributed by atoms with Crippen LogP contribution in [-0.4, -0.2) is 40.0 Å². The first kappa shape index (κ1) is 14.3. The van der Waals surface area contributed by atoms with Crippen LogP contribution in [0.1, 0.15) is 42.7 Å². The molecule has 1 fully saturated rings. The molecule has 2 aromatic rings. The molecule has 22 heavy (non-hydrogen) atoms. The van der Waals surface area contributed by atoms with Gasteiger partial charge in [0.2, 0.25) is 0 Å². The summed E-state index contributed by atoms with van der Waals surface area (Å²) < 4.78 is 1.67. The fourth-order valence-electron chi connectivity index (χ4n) is 3.75. The molecule has 0 aromatic carbocycles. The highest BCUT2D eigenvalue weighted by Crippen LogP contribution is 2.35. The normalized spacial score (nSPS) is 23.8. The van der Waals surface area contributed by atoms with Gasteiger partial charge in [0, 0.05) is 4.88 Å². The van der Waals surface area contributed by atoms with Gasteiger partial charge in [0.25, 0.3) is 5.56 Å². The van der Waals surface area contributed by atoms with Crippen molar-refractivity contribution >= 4 is 21.6 Å². The molecule has 118 valence electrons. The van der Waals surface area contributed by atoms with E-state index in [-0.39, 0.29) is 11.6 Å². The van der Waals surface area contributed by atoms with Gasteiger partial charge in [-0.05, 0) is 63.7 Å². The standard InChI is InChI=1S/C16H22N4OS/c1-10-3-4-12-13(9-10)22-15-14(12)16(21)20(18-17-15)11-5-7-19(2)8-6-11/h10-11H,3-9H2,1-2H3. The first-order chi connectivity index (χ1) is 10.6. The van der Waals surface area contributed by atoms with E-state index < -0.39 is 0 Å². The minimum Gasteiger partial charge on any atom is -0.306 e. The molecular weight excluding hydrogens is 296 g/mol. The van der Waals surface area contributed by atoms with Crippen LogP contribution in [0.3, 0.4) is 0 Å². The van der Waals surface area contributed by atoms with E-state index in [1.165, 1.54) is 16.9 Å². The Morgan fingerprint density at radius 2 is 2.00 bits per heavy atom. The minimum atomic E-state index is 0.0895. The number of fused-ring (bicyclic) bond motifs is 3. The second-order valence-electron chi connectivity index (χ2n) is 6.91. The van der Waals surface area contributed by atoms with E-state index >= 15 is 0 Å². The lowest BCUT2D eigenvalue weighted by molar-refractivity contribution is 0.206. The molecule has 0 bridgehead atoms. The van der Waals surface area contributed by atoms with Gasteiger partial charge in [-0.15, -0.1) is 16.4 Å². The molecule has 0 N–H and O–H groups in total. The highest BCUT2D eigenvalue weighted by Gasteiger charge is 2.26. The van der Waals surface area contributed by atoms with E-state index in [9.17, 15) is 4.79 Å². The molecule has 2 aromatic heterocycles. The van der Waals surface area contributed by atoms with E-state index in [0.29, 0.717) is 5.92 Å². The number of aromatic nitrogens is 3. The monoisotopic (exact) mass is 318 g/mol. The lowest BCUT2D eigenvalue weighted by atomic mass is 9.89. The van der Waals surface area contributed by atoms with E-state index in [4.69, 9.17) is 0 Å². The molecular formula is C16H22N4OS. The fourth-order valence-corrected chi connectivity index (χ4v) is 5.07. The van der Waals surface area contributed by atoms with E-state index in [0.717, 1.165) is 49.0 Å². The van der Waals surface area contributed by atoms with Gasteiger partial charge in [-0.3, -0.25) is 4.79 Å². The number of nitrogens with zero attached hydrogens (tertiary/aromatic N) is 4. The van der Waals surface area contributed by atoms with Crippen molar-refractivity contribution in [3.63, 3.8) is 0 Å². The Labute approximate surface area is 133 Å². The molecule has 4 rings (SSSR count). The Kier molecular flexibility index (Phi) is 3.53. The number of likely N-dealkylation sites (tertiary alicyclic amines) is 1. The number of piperidine rings is 1. The lowest BCUT2D eigenvalue weighted by Gasteiger charge is -2.28. The summed E-state index contributed by atoms with van der Waals surface area (Å²) in [6, 6.07) is 0.207. The Morgan fingerprint density at radius 3 is 2.77 bits per heavy atom. The maximum atomic E-state index is 13.0. The molecule has 0 spiro atoms. The molecule has 1 atom stereocenters. The van der Waals surface area contributed by atoms with E-state index in [1.807, 2.05) is 0 Å². The molecule has 2 aliphatic rings. The van der Waals surface area contributed by atoms with Gasteiger partial charge in [-0.25, -0.2) is 4.68 Å². The van der Waals surface area contributed by atoms with Crippen LogP contribution in [-0.2, 0) is 12.8 Å². The van der Waals surface area contributed by atoms with Crippen LogP contribution in [0.2, 0.25) is 0 Å². The number of rotatable bonds is 1. The molecule has 3 heterocycles. The van der Waals surface area contributed by atoms with Crippen molar-refractivity contribution < 1.29 is 0 Å². The predicted octanol–water partition coefficient (Wildman–Crippen LogP) is 2.24. The zero-order chi connectivity index (χ0) is 15.3. The van der Waals surface area contributed by atoms with Gasteiger partial charge in [0.1, 0.15) is 0 Å². The van der Waals surface area contributed by atoms with Crippen LogP contribution in [0.15, 0.2) is 4.79 Å². The van der Waals surface area contributed by atoms with Crippen molar-refractivity contribution in [3.8, 4) is 0 Å². The molecule has 1 aliphatic heterocycles. The van der Waals surface area contributed by atoms with Crippen molar-refractivity contribution in [1.29, 1.82) is 0 Å². The molecule has 0 saturated carbocycles. The summed E-state index contributed by atoms with van der Waals surface area (Å²) in [6.07, 6.45) is 5.25. The van der Waals surface area contributed by atoms with Crippen LogP contribution in [0, 0.1) is 5.92 Å². The largest absolute Gasteiger partial charge is 0.306 e. The third-order valence-electron chi connectivity index (χ3n) is 5.18. The van der Waals surface area contributed by atoms with Gasteiger partial charge >= 0.3 is 0 Å². The summed E-state index contributed by atoms with van der Waals surface area (Å²) in [4.78, 5) is 17.5. The summed E-state index contributed by atoms with van der Waals surface area (Å²) >= 11 is 1.68. The average Bonchev–Trinajstić information content (AvgIpc) is 2.87. The Hall–Kier alpha value is -1.27. The maximum Gasteiger partial charge on any atom is 0.279 e. The summed E-state index contributed by atoms with van der Waals surface area (Å²) in [5.41, 5.74) is 1.35. The average molecular weight is 318 g/mol. The Bertz CT molecular complexity index is 757. The molecule has 6 heteroatoms. The van der Waals surface area contributed by atoms with Crippen molar-refractivity contribution in [2.75, 3.05) is 20.1 Å².